The SMILES string of the molecule is C[C@H]1CC[C@@H](N)C[C@@H]1C. The van der Waals surface area contributed by atoms with Gasteiger partial charge in [-0.3, -0.25) is 0 Å². The summed E-state index contributed by atoms with van der Waals surface area (Å²) in [5.41, 5.74) is 5.79. The largest absolute Gasteiger partial charge is 0.328 e. The summed E-state index contributed by atoms with van der Waals surface area (Å²) in [5, 5.41) is 0. The Morgan fingerprint density at radius 1 is 1.11 bits per heavy atom. The molecule has 0 saturated heterocycles. The molecule has 0 spiro atoms. The fourth-order valence-electron chi connectivity index (χ4n) is 1.59. The molecular formula is C8H17N. The molecule has 0 heterocycles. The van der Waals surface area contributed by atoms with Gasteiger partial charge in [-0.05, 0) is 31.1 Å². The van der Waals surface area contributed by atoms with Gasteiger partial charge in [0.2, 0.25) is 0 Å². The van der Waals surface area contributed by atoms with Crippen molar-refractivity contribution in [2.45, 2.75) is 39.2 Å². The van der Waals surface area contributed by atoms with Crippen molar-refractivity contribution in [3.05, 3.63) is 0 Å². The number of rotatable bonds is 0. The Labute approximate surface area is 57.6 Å². The molecule has 3 atom stereocenters. The van der Waals surface area contributed by atoms with Crippen molar-refractivity contribution in [3.8, 4) is 0 Å². The van der Waals surface area contributed by atoms with E-state index in [1.54, 1.807) is 0 Å². The van der Waals surface area contributed by atoms with Gasteiger partial charge in [0.25, 0.3) is 0 Å². The van der Waals surface area contributed by atoms with Crippen LogP contribution in [-0.4, -0.2) is 6.04 Å². The zero-order valence-electron chi connectivity index (χ0n) is 6.43. The summed E-state index contributed by atoms with van der Waals surface area (Å²) in [6.07, 6.45) is 3.81. The van der Waals surface area contributed by atoms with E-state index in [0.29, 0.717) is 6.04 Å². The van der Waals surface area contributed by atoms with E-state index in [2.05, 4.69) is 13.8 Å². The molecule has 1 rings (SSSR count). The van der Waals surface area contributed by atoms with E-state index in [4.69, 9.17) is 5.73 Å². The lowest BCUT2D eigenvalue weighted by molar-refractivity contribution is 0.251. The van der Waals surface area contributed by atoms with Crippen molar-refractivity contribution in [1.82, 2.24) is 0 Å². The normalized spacial score (nSPS) is 45.0. The third-order valence-corrected chi connectivity index (χ3v) is 2.64. The van der Waals surface area contributed by atoms with Gasteiger partial charge in [0.1, 0.15) is 0 Å². The topological polar surface area (TPSA) is 26.0 Å². The Morgan fingerprint density at radius 3 is 2.22 bits per heavy atom. The van der Waals surface area contributed by atoms with Gasteiger partial charge in [0.15, 0.2) is 0 Å². The fraction of sp³-hybridized carbons (Fsp3) is 1.00. The van der Waals surface area contributed by atoms with Crippen molar-refractivity contribution in [1.29, 1.82) is 0 Å². The summed E-state index contributed by atoms with van der Waals surface area (Å²) >= 11 is 0. The van der Waals surface area contributed by atoms with Crippen LogP contribution >= 0.6 is 0 Å². The lowest BCUT2D eigenvalue weighted by atomic mass is 9.79. The quantitative estimate of drug-likeness (QED) is 0.527. The minimum atomic E-state index is 0.496. The predicted molar refractivity (Wildman–Crippen MR) is 40.2 cm³/mol. The molecule has 54 valence electrons. The van der Waals surface area contributed by atoms with Gasteiger partial charge in [-0.1, -0.05) is 13.8 Å². The third-order valence-electron chi connectivity index (χ3n) is 2.64. The van der Waals surface area contributed by atoms with E-state index >= 15 is 0 Å². The fourth-order valence-corrected chi connectivity index (χ4v) is 1.59. The van der Waals surface area contributed by atoms with E-state index in [1.165, 1.54) is 19.3 Å². The van der Waals surface area contributed by atoms with Crippen molar-refractivity contribution in [2.75, 3.05) is 0 Å². The summed E-state index contributed by atoms with van der Waals surface area (Å²) in [5.74, 6) is 1.76. The van der Waals surface area contributed by atoms with E-state index in [0.717, 1.165) is 11.8 Å². The first-order chi connectivity index (χ1) is 4.20. The van der Waals surface area contributed by atoms with E-state index < -0.39 is 0 Å². The molecule has 1 saturated carbocycles. The van der Waals surface area contributed by atoms with Gasteiger partial charge < -0.3 is 5.73 Å². The molecular weight excluding hydrogens is 110 g/mol. The highest BCUT2D eigenvalue weighted by Gasteiger charge is 2.21. The van der Waals surface area contributed by atoms with Crippen molar-refractivity contribution >= 4 is 0 Å². The summed E-state index contributed by atoms with van der Waals surface area (Å²) in [6.45, 7) is 4.64. The zero-order valence-corrected chi connectivity index (χ0v) is 6.43. The zero-order chi connectivity index (χ0) is 6.85. The van der Waals surface area contributed by atoms with E-state index in [9.17, 15) is 0 Å². The molecule has 0 aromatic heterocycles. The molecule has 0 aromatic rings. The van der Waals surface area contributed by atoms with Gasteiger partial charge in [-0.15, -0.1) is 0 Å². The number of hydrogen-bond donors (Lipinski definition) is 1. The first-order valence-corrected chi connectivity index (χ1v) is 3.95. The van der Waals surface area contributed by atoms with Gasteiger partial charge in [-0.2, -0.15) is 0 Å². The van der Waals surface area contributed by atoms with Crippen molar-refractivity contribution in [2.24, 2.45) is 17.6 Å². The van der Waals surface area contributed by atoms with Gasteiger partial charge in [-0.25, -0.2) is 0 Å². The highest BCUT2D eigenvalue weighted by molar-refractivity contribution is 4.76. The summed E-state index contributed by atoms with van der Waals surface area (Å²) in [7, 11) is 0. The highest BCUT2D eigenvalue weighted by atomic mass is 14.6. The average molecular weight is 127 g/mol. The molecule has 1 fully saturated rings. The molecule has 0 aliphatic heterocycles. The number of nitrogens with two attached hydrogens (primary N) is 1. The molecule has 0 amide bonds. The van der Waals surface area contributed by atoms with Crippen molar-refractivity contribution < 1.29 is 0 Å². The third kappa shape index (κ3) is 1.68. The first-order valence-electron chi connectivity index (χ1n) is 3.95. The van der Waals surface area contributed by atoms with Crippen LogP contribution in [0.2, 0.25) is 0 Å². The second-order valence-corrected chi connectivity index (χ2v) is 3.53. The standard InChI is InChI=1S/C8H17N/c1-6-3-4-8(9)5-7(6)2/h6-8H,3-5,9H2,1-2H3/t6-,7-,8+/m0/s1. The Bertz CT molecular complexity index is 90.6. The Morgan fingerprint density at radius 2 is 1.78 bits per heavy atom. The lowest BCUT2D eigenvalue weighted by Gasteiger charge is -2.29. The molecule has 0 unspecified atom stereocenters. The Balaban J connectivity index is 2.35. The summed E-state index contributed by atoms with van der Waals surface area (Å²) in [6, 6.07) is 0.496. The van der Waals surface area contributed by atoms with Crippen LogP contribution in [0.5, 0.6) is 0 Å². The Hall–Kier alpha value is -0.0400. The van der Waals surface area contributed by atoms with Crippen LogP contribution in [0.25, 0.3) is 0 Å². The minimum Gasteiger partial charge on any atom is -0.328 e. The second-order valence-electron chi connectivity index (χ2n) is 3.53. The van der Waals surface area contributed by atoms with Crippen LogP contribution in [0.3, 0.4) is 0 Å². The van der Waals surface area contributed by atoms with E-state index in [-0.39, 0.29) is 0 Å². The summed E-state index contributed by atoms with van der Waals surface area (Å²) in [4.78, 5) is 0. The minimum absolute atomic E-state index is 0.496. The van der Waals surface area contributed by atoms with Crippen LogP contribution in [0.1, 0.15) is 33.1 Å². The molecule has 2 N–H and O–H groups in total. The predicted octanol–water partition coefficient (Wildman–Crippen LogP) is 1.77. The average Bonchev–Trinajstić information content (AvgIpc) is 1.80. The Kier molecular flexibility index (Phi) is 2.12. The smallest absolute Gasteiger partial charge is 0.00415 e. The molecule has 0 bridgehead atoms. The van der Waals surface area contributed by atoms with E-state index in [1.807, 2.05) is 0 Å². The number of hydrogen-bond acceptors (Lipinski definition) is 1. The molecule has 1 aliphatic rings. The lowest BCUT2D eigenvalue weighted by Crippen LogP contribution is -2.30. The van der Waals surface area contributed by atoms with Gasteiger partial charge in [0.05, 0.1) is 0 Å². The molecule has 0 radical (unpaired) electrons. The molecule has 1 heteroatoms. The molecule has 9 heavy (non-hydrogen) atoms. The second kappa shape index (κ2) is 2.70. The maximum absolute atomic E-state index is 5.79. The summed E-state index contributed by atoms with van der Waals surface area (Å²) < 4.78 is 0. The van der Waals surface area contributed by atoms with Gasteiger partial charge >= 0.3 is 0 Å². The maximum Gasteiger partial charge on any atom is 0.00415 e. The maximum atomic E-state index is 5.79. The molecule has 1 aliphatic carbocycles. The monoisotopic (exact) mass is 127 g/mol. The van der Waals surface area contributed by atoms with Crippen LogP contribution in [-0.2, 0) is 0 Å². The first kappa shape index (κ1) is 7.07. The van der Waals surface area contributed by atoms with Crippen LogP contribution in [0.4, 0.5) is 0 Å². The van der Waals surface area contributed by atoms with Gasteiger partial charge in [0, 0.05) is 6.04 Å². The van der Waals surface area contributed by atoms with Crippen LogP contribution in [0, 0.1) is 11.8 Å². The van der Waals surface area contributed by atoms with Crippen LogP contribution in [0.15, 0.2) is 0 Å². The van der Waals surface area contributed by atoms with Crippen LogP contribution < -0.4 is 5.73 Å². The highest BCUT2D eigenvalue weighted by Crippen LogP contribution is 2.27. The molecule has 1 nitrogen and oxygen atoms in total. The van der Waals surface area contributed by atoms with Crippen molar-refractivity contribution in [3.63, 3.8) is 0 Å². The molecule has 0 aromatic carbocycles.